The summed E-state index contributed by atoms with van der Waals surface area (Å²) < 4.78 is 0. The lowest BCUT2D eigenvalue weighted by Gasteiger charge is -2.14. The highest BCUT2D eigenvalue weighted by Gasteiger charge is 2.07. The molecule has 7 N–H and O–H groups in total. The van der Waals surface area contributed by atoms with E-state index in [1.165, 1.54) is 0 Å². The van der Waals surface area contributed by atoms with Gasteiger partial charge in [-0.1, -0.05) is 6.92 Å². The fraction of sp³-hybridized carbons (Fsp3) is 0.600. The molecule has 82 valence electrons. The van der Waals surface area contributed by atoms with Crippen LogP contribution in [0.5, 0.6) is 0 Å². The Morgan fingerprint density at radius 3 is 2.36 bits per heavy atom. The average molecular weight is 198 g/mol. The molecule has 0 bridgehead atoms. The molecule has 0 saturated carbocycles. The van der Waals surface area contributed by atoms with Crippen LogP contribution in [0.2, 0.25) is 0 Å². The maximum atomic E-state index is 5.90. The van der Waals surface area contributed by atoms with E-state index in [2.05, 4.69) is 12.2 Å². The molecule has 4 heteroatoms. The normalized spacial score (nSPS) is 13.7. The summed E-state index contributed by atoms with van der Waals surface area (Å²) in [6, 6.07) is 0. The first-order valence-electron chi connectivity index (χ1n) is 4.94. The van der Waals surface area contributed by atoms with Crippen LogP contribution in [0.4, 0.5) is 0 Å². The first kappa shape index (κ1) is 12.8. The molecule has 4 nitrogen and oxygen atoms in total. The number of allylic oxidation sites excluding steroid dienone is 3. The van der Waals surface area contributed by atoms with Gasteiger partial charge in [-0.25, -0.2) is 0 Å². The van der Waals surface area contributed by atoms with Gasteiger partial charge in [0.25, 0.3) is 0 Å². The summed E-state index contributed by atoms with van der Waals surface area (Å²) in [5.41, 5.74) is 17.4. The van der Waals surface area contributed by atoms with Crippen LogP contribution in [-0.2, 0) is 0 Å². The molecule has 1 unspecified atom stereocenters. The second-order valence-corrected chi connectivity index (χ2v) is 3.33. The van der Waals surface area contributed by atoms with E-state index in [0.29, 0.717) is 5.92 Å². The molecule has 0 aromatic carbocycles. The summed E-state index contributed by atoms with van der Waals surface area (Å²) in [5, 5.41) is 3.10. The quantitative estimate of drug-likeness (QED) is 0.460. The minimum atomic E-state index is 0.288. The van der Waals surface area contributed by atoms with Gasteiger partial charge in [0.2, 0.25) is 0 Å². The van der Waals surface area contributed by atoms with Crippen LogP contribution in [-0.4, -0.2) is 13.6 Å². The molecule has 0 aliphatic rings. The van der Waals surface area contributed by atoms with Crippen molar-refractivity contribution in [3.8, 4) is 0 Å². The predicted octanol–water partition coefficient (Wildman–Crippen LogP) is 0.224. The molecule has 0 spiro atoms. The van der Waals surface area contributed by atoms with E-state index in [1.807, 2.05) is 7.05 Å². The highest BCUT2D eigenvalue weighted by molar-refractivity contribution is 5.14. The molecule has 0 aromatic heterocycles. The van der Waals surface area contributed by atoms with E-state index in [4.69, 9.17) is 17.2 Å². The van der Waals surface area contributed by atoms with Crippen LogP contribution in [0.15, 0.2) is 23.7 Å². The smallest absolute Gasteiger partial charge is 0.0934 e. The third-order valence-electron chi connectivity index (χ3n) is 2.18. The molecule has 0 heterocycles. The van der Waals surface area contributed by atoms with Gasteiger partial charge in [-0.15, -0.1) is 0 Å². The lowest BCUT2D eigenvalue weighted by atomic mass is 9.98. The standard InChI is InChI=1S/C10H22N4/c1-3-8(6-7-14-2)9(11)4-5-10(12)13/h4-5,8,14H,3,6-7,11-13H2,1-2H3/b9-4-. The van der Waals surface area contributed by atoms with Gasteiger partial charge in [0.05, 0.1) is 5.82 Å². The van der Waals surface area contributed by atoms with Crippen LogP contribution in [0.1, 0.15) is 19.8 Å². The van der Waals surface area contributed by atoms with Crippen molar-refractivity contribution in [2.45, 2.75) is 19.8 Å². The Morgan fingerprint density at radius 1 is 1.29 bits per heavy atom. The van der Waals surface area contributed by atoms with Gasteiger partial charge >= 0.3 is 0 Å². The third-order valence-corrected chi connectivity index (χ3v) is 2.18. The number of nitrogens with two attached hydrogens (primary N) is 3. The van der Waals surface area contributed by atoms with Gasteiger partial charge in [0.1, 0.15) is 0 Å². The summed E-state index contributed by atoms with van der Waals surface area (Å²) in [5.74, 6) is 0.689. The van der Waals surface area contributed by atoms with E-state index in [9.17, 15) is 0 Å². The SMILES string of the molecule is CCC(CCNC)/C(N)=C/C=C(N)N. The highest BCUT2D eigenvalue weighted by Crippen LogP contribution is 2.14. The Bertz CT molecular complexity index is 204. The van der Waals surface area contributed by atoms with Crippen LogP contribution >= 0.6 is 0 Å². The summed E-state index contributed by atoms with van der Waals surface area (Å²) in [4.78, 5) is 0. The van der Waals surface area contributed by atoms with Gasteiger partial charge in [-0.05, 0) is 44.5 Å². The molecule has 0 rings (SSSR count). The van der Waals surface area contributed by atoms with Crippen molar-refractivity contribution < 1.29 is 0 Å². The lowest BCUT2D eigenvalue weighted by molar-refractivity contribution is 0.521. The molecule has 0 aliphatic carbocycles. The molecule has 14 heavy (non-hydrogen) atoms. The van der Waals surface area contributed by atoms with E-state index >= 15 is 0 Å². The minimum Gasteiger partial charge on any atom is -0.402 e. The molecule has 0 aliphatic heterocycles. The largest absolute Gasteiger partial charge is 0.402 e. The Hall–Kier alpha value is -1.16. The molecule has 0 fully saturated rings. The maximum Gasteiger partial charge on any atom is 0.0934 e. The first-order chi connectivity index (χ1) is 6.61. The Balaban J connectivity index is 4.22. The number of hydrogen-bond donors (Lipinski definition) is 4. The van der Waals surface area contributed by atoms with E-state index in [0.717, 1.165) is 25.1 Å². The van der Waals surface area contributed by atoms with Crippen LogP contribution < -0.4 is 22.5 Å². The molecule has 0 aromatic rings. The van der Waals surface area contributed by atoms with E-state index in [1.54, 1.807) is 12.2 Å². The number of hydrogen-bond acceptors (Lipinski definition) is 4. The maximum absolute atomic E-state index is 5.90. The van der Waals surface area contributed by atoms with Gasteiger partial charge in [0, 0.05) is 5.70 Å². The summed E-state index contributed by atoms with van der Waals surface area (Å²) in [6.07, 6.45) is 5.49. The zero-order valence-corrected chi connectivity index (χ0v) is 9.09. The van der Waals surface area contributed by atoms with Crippen molar-refractivity contribution in [3.05, 3.63) is 23.7 Å². The van der Waals surface area contributed by atoms with Crippen LogP contribution in [0, 0.1) is 5.92 Å². The van der Waals surface area contributed by atoms with Gasteiger partial charge < -0.3 is 22.5 Å². The molecular weight excluding hydrogens is 176 g/mol. The van der Waals surface area contributed by atoms with Gasteiger partial charge in [-0.2, -0.15) is 0 Å². The lowest BCUT2D eigenvalue weighted by Crippen LogP contribution is -2.18. The van der Waals surface area contributed by atoms with Crippen molar-refractivity contribution in [2.75, 3.05) is 13.6 Å². The van der Waals surface area contributed by atoms with Crippen molar-refractivity contribution in [1.82, 2.24) is 5.32 Å². The monoisotopic (exact) mass is 198 g/mol. The first-order valence-corrected chi connectivity index (χ1v) is 4.94. The van der Waals surface area contributed by atoms with Crippen molar-refractivity contribution in [3.63, 3.8) is 0 Å². The van der Waals surface area contributed by atoms with E-state index in [-0.39, 0.29) is 5.82 Å². The van der Waals surface area contributed by atoms with Crippen molar-refractivity contribution in [1.29, 1.82) is 0 Å². The molecule has 1 atom stereocenters. The second-order valence-electron chi connectivity index (χ2n) is 3.33. The van der Waals surface area contributed by atoms with E-state index < -0.39 is 0 Å². The average Bonchev–Trinajstić information content (AvgIpc) is 2.16. The number of rotatable bonds is 6. The molecular formula is C10H22N4. The van der Waals surface area contributed by atoms with Crippen molar-refractivity contribution >= 4 is 0 Å². The third kappa shape index (κ3) is 5.48. The Morgan fingerprint density at radius 2 is 1.93 bits per heavy atom. The van der Waals surface area contributed by atoms with Crippen LogP contribution in [0.3, 0.4) is 0 Å². The van der Waals surface area contributed by atoms with Crippen LogP contribution in [0.25, 0.3) is 0 Å². The topological polar surface area (TPSA) is 90.1 Å². The highest BCUT2D eigenvalue weighted by atomic mass is 14.8. The van der Waals surface area contributed by atoms with Gasteiger partial charge in [0.15, 0.2) is 0 Å². The zero-order valence-electron chi connectivity index (χ0n) is 9.09. The predicted molar refractivity (Wildman–Crippen MR) is 61.1 cm³/mol. The van der Waals surface area contributed by atoms with Crippen molar-refractivity contribution in [2.24, 2.45) is 23.1 Å². The molecule has 0 saturated heterocycles. The Kier molecular flexibility index (Phi) is 6.66. The molecule has 0 amide bonds. The summed E-state index contributed by atoms with van der Waals surface area (Å²) in [7, 11) is 1.93. The zero-order chi connectivity index (χ0) is 11.0. The summed E-state index contributed by atoms with van der Waals surface area (Å²) >= 11 is 0. The fourth-order valence-electron chi connectivity index (χ4n) is 1.25. The molecule has 0 radical (unpaired) electrons. The second kappa shape index (κ2) is 7.26. The Labute approximate surface area is 86.2 Å². The number of nitrogens with one attached hydrogen (secondary N) is 1. The minimum absolute atomic E-state index is 0.288. The summed E-state index contributed by atoms with van der Waals surface area (Å²) in [6.45, 7) is 3.09. The van der Waals surface area contributed by atoms with Gasteiger partial charge in [-0.3, -0.25) is 0 Å². The fourth-order valence-corrected chi connectivity index (χ4v) is 1.25.